The van der Waals surface area contributed by atoms with E-state index in [1.807, 2.05) is 0 Å². The zero-order valence-electron chi connectivity index (χ0n) is 21.5. The van der Waals surface area contributed by atoms with Gasteiger partial charge in [0.05, 0.1) is 25.9 Å². The highest BCUT2D eigenvalue weighted by Crippen LogP contribution is 2.58. The minimum atomic E-state index is -4.41. The molecule has 7 heterocycles. The number of anilines is 2. The van der Waals surface area contributed by atoms with E-state index in [-0.39, 0.29) is 34.0 Å². The van der Waals surface area contributed by atoms with Gasteiger partial charge in [-0.15, -0.1) is 0 Å². The number of imidazole rings is 2. The molecule has 3 fully saturated rings. The van der Waals surface area contributed by atoms with Gasteiger partial charge in [0.15, 0.2) is 47.7 Å². The van der Waals surface area contributed by atoms with Crippen molar-refractivity contribution in [2.75, 3.05) is 24.7 Å². The standard InChI is InChI=1S/C20H22F2N10O8P2S/c21-9-8-2-36-42(34,43)40-14-10(22)7(37-20(14)32-6-30-12-16(24)26-4-28-18(12)32)1-35-41(33)39-13(9)19(38-8)31-5-29-11-15(23)25-3-27-17(11)31/h3-10,13-14,19-20,41H,1-2H2,(H,34,43)(H2,23,25,27)(H2,24,26,28)/t7-,8-,9-,10-,13-,14-,19-,20-,42-/m1/s1. The maximum Gasteiger partial charge on any atom is 0.386 e. The van der Waals surface area contributed by atoms with E-state index in [9.17, 15) is 9.13 Å². The molecule has 0 spiro atoms. The molecule has 0 amide bonds. The summed E-state index contributed by atoms with van der Waals surface area (Å²) in [6, 6.07) is 0. The van der Waals surface area contributed by atoms with E-state index in [4.69, 9.17) is 39.0 Å². The van der Waals surface area contributed by atoms with E-state index < -0.39 is 77.5 Å². The fraction of sp³-hybridized carbons (Fsp3) is 0.500. The molecule has 23 heteroatoms. The summed E-state index contributed by atoms with van der Waals surface area (Å²) in [6.45, 7) is -5.71. The quantitative estimate of drug-likeness (QED) is 0.204. The van der Waals surface area contributed by atoms with Crippen LogP contribution in [0.15, 0.2) is 25.3 Å². The number of nitrogen functional groups attached to an aromatic ring is 2. The number of aromatic nitrogens is 8. The third-order valence-corrected chi connectivity index (χ3v) is 9.59. The van der Waals surface area contributed by atoms with Gasteiger partial charge in [-0.25, -0.2) is 43.2 Å². The molecule has 4 aromatic rings. The van der Waals surface area contributed by atoms with Crippen molar-refractivity contribution >= 4 is 61.3 Å². The summed E-state index contributed by atoms with van der Waals surface area (Å²) in [5.41, 5.74) is 12.5. The molecule has 4 N–H and O–H groups in total. The van der Waals surface area contributed by atoms with Crippen molar-refractivity contribution in [3.05, 3.63) is 25.3 Å². The summed E-state index contributed by atoms with van der Waals surface area (Å²) in [7, 11) is -3.48. The smallest absolute Gasteiger partial charge is 0.382 e. The van der Waals surface area contributed by atoms with Crippen LogP contribution in [-0.2, 0) is 36.7 Å². The van der Waals surface area contributed by atoms with Crippen LogP contribution in [-0.4, -0.2) is 89.0 Å². The Morgan fingerprint density at radius 2 is 1.40 bits per heavy atom. The summed E-state index contributed by atoms with van der Waals surface area (Å²) in [5, 5.41) is 0. The number of rotatable bonds is 2. The Hall–Kier alpha value is -2.87. The molecule has 3 aliphatic heterocycles. The average molecular weight is 662 g/mol. The molecule has 0 aliphatic carbocycles. The molecular formula is C20H22F2N10O8P2S. The Morgan fingerprint density at radius 1 is 0.860 bits per heavy atom. The molecule has 3 saturated heterocycles. The van der Waals surface area contributed by atoms with Gasteiger partial charge < -0.3 is 25.5 Å². The Morgan fingerprint density at radius 3 is 2.00 bits per heavy atom. The normalized spacial score (nSPS) is 37.1. The van der Waals surface area contributed by atoms with Crippen LogP contribution in [0, 0.1) is 0 Å². The van der Waals surface area contributed by atoms with Crippen molar-refractivity contribution in [2.45, 2.75) is 49.2 Å². The highest BCUT2D eigenvalue weighted by Gasteiger charge is 2.53. The zero-order chi connectivity index (χ0) is 30.0. The van der Waals surface area contributed by atoms with E-state index in [0.29, 0.717) is 0 Å². The van der Waals surface area contributed by atoms with Crippen LogP contribution in [0.4, 0.5) is 20.4 Å². The third-order valence-electron chi connectivity index (χ3n) is 7.11. The van der Waals surface area contributed by atoms with Crippen LogP contribution in [0.5, 0.6) is 0 Å². The molecule has 1 unspecified atom stereocenters. The van der Waals surface area contributed by atoms with Crippen LogP contribution in [0.3, 0.4) is 0 Å². The van der Waals surface area contributed by atoms with Crippen molar-refractivity contribution in [1.82, 2.24) is 39.0 Å². The molecular weight excluding hydrogens is 640 g/mol. The lowest BCUT2D eigenvalue weighted by atomic mass is 10.1. The van der Waals surface area contributed by atoms with Gasteiger partial charge >= 0.3 is 15.1 Å². The van der Waals surface area contributed by atoms with Gasteiger partial charge in [-0.3, -0.25) is 27.3 Å². The number of halogens is 2. The molecule has 18 nitrogen and oxygen atoms in total. The van der Waals surface area contributed by atoms with Crippen LogP contribution >= 0.6 is 27.3 Å². The van der Waals surface area contributed by atoms with E-state index >= 15 is 8.78 Å². The second-order valence-corrected chi connectivity index (χ2v) is 13.6. The lowest BCUT2D eigenvalue weighted by Gasteiger charge is -2.25. The first kappa shape index (κ1) is 28.9. The molecule has 4 bridgehead atoms. The van der Waals surface area contributed by atoms with E-state index in [0.717, 1.165) is 0 Å². The van der Waals surface area contributed by atoms with E-state index in [1.54, 1.807) is 0 Å². The first-order valence-electron chi connectivity index (χ1n) is 12.6. The first-order chi connectivity index (χ1) is 20.6. The summed E-state index contributed by atoms with van der Waals surface area (Å²) in [5.74, 6) is 0.120. The van der Waals surface area contributed by atoms with Gasteiger partial charge in [-0.2, -0.15) is 0 Å². The Labute approximate surface area is 245 Å². The molecule has 3 aliphatic rings. The number of thiol groups is 1. The van der Waals surface area contributed by atoms with Crippen molar-refractivity contribution in [3.63, 3.8) is 0 Å². The molecule has 230 valence electrons. The second-order valence-electron chi connectivity index (χ2n) is 9.66. The van der Waals surface area contributed by atoms with Crippen LogP contribution in [0.1, 0.15) is 12.5 Å². The maximum atomic E-state index is 15.8. The monoisotopic (exact) mass is 662 g/mol. The number of hydrogen-bond donors (Lipinski definition) is 3. The van der Waals surface area contributed by atoms with Gasteiger partial charge in [-0.05, 0) is 0 Å². The van der Waals surface area contributed by atoms with Gasteiger partial charge in [0.2, 0.25) is 0 Å². The first-order valence-corrected chi connectivity index (χ1v) is 16.5. The number of hydrogen-bond acceptors (Lipinski definition) is 16. The average Bonchev–Trinajstić information content (AvgIpc) is 3.73. The summed E-state index contributed by atoms with van der Waals surface area (Å²) < 4.78 is 93.7. The lowest BCUT2D eigenvalue weighted by Crippen LogP contribution is -2.33. The van der Waals surface area contributed by atoms with E-state index in [2.05, 4.69) is 42.2 Å². The van der Waals surface area contributed by atoms with Crippen molar-refractivity contribution in [2.24, 2.45) is 0 Å². The number of nitrogens with two attached hydrogens (primary N) is 2. The zero-order valence-corrected chi connectivity index (χ0v) is 24.3. The molecule has 0 radical (unpaired) electrons. The van der Waals surface area contributed by atoms with Crippen LogP contribution in [0.2, 0.25) is 0 Å². The Kier molecular flexibility index (Phi) is 7.34. The Bertz CT molecular complexity index is 1770. The van der Waals surface area contributed by atoms with Crippen LogP contribution in [0.25, 0.3) is 22.3 Å². The van der Waals surface area contributed by atoms with Gasteiger partial charge in [0.1, 0.15) is 48.1 Å². The molecule has 43 heavy (non-hydrogen) atoms. The molecule has 0 saturated carbocycles. The predicted molar refractivity (Wildman–Crippen MR) is 144 cm³/mol. The third kappa shape index (κ3) is 5.07. The highest BCUT2D eigenvalue weighted by molar-refractivity contribution is 8.44. The number of ether oxygens (including phenoxy) is 2. The lowest BCUT2D eigenvalue weighted by molar-refractivity contribution is -0.0570. The molecule has 0 aromatic carbocycles. The summed E-state index contributed by atoms with van der Waals surface area (Å²) in [6.07, 6.45) is -7.74. The Balaban J connectivity index is 1.20. The van der Waals surface area contributed by atoms with Gasteiger partial charge in [0.25, 0.3) is 0 Å². The topological polar surface area (TPSA) is 229 Å². The molecule has 10 atom stereocenters. The van der Waals surface area contributed by atoms with Crippen molar-refractivity contribution in [3.8, 4) is 0 Å². The van der Waals surface area contributed by atoms with Gasteiger partial charge in [0, 0.05) is 0 Å². The number of nitrogens with zero attached hydrogens (tertiary/aromatic N) is 8. The van der Waals surface area contributed by atoms with Gasteiger partial charge in [-0.1, -0.05) is 12.2 Å². The number of fused-ring (bicyclic) bond motifs is 6. The summed E-state index contributed by atoms with van der Waals surface area (Å²) in [4.78, 5) is 24.2. The fourth-order valence-corrected chi connectivity index (χ4v) is 7.39. The van der Waals surface area contributed by atoms with Crippen molar-refractivity contribution in [1.29, 1.82) is 0 Å². The van der Waals surface area contributed by atoms with Crippen molar-refractivity contribution < 1.29 is 45.5 Å². The fourth-order valence-electron chi connectivity index (χ4n) is 5.10. The van der Waals surface area contributed by atoms with E-state index in [1.165, 1.54) is 34.4 Å². The second kappa shape index (κ2) is 10.9. The SMILES string of the molecule is Nc1ncnc2c1ncn2[C@@H]1O[C@@H]2CO[P@@](=O)(S)O[C@@H]3[C@H](F)[C@@H](CO[PH](=O)O[C@@H]1[C@@H]2F)O[C@H]3n1cnc2c(N)ncnc21. The summed E-state index contributed by atoms with van der Waals surface area (Å²) >= 11 is 3.99. The highest BCUT2D eigenvalue weighted by atomic mass is 32.7. The minimum absolute atomic E-state index is 0.0574. The largest absolute Gasteiger partial charge is 0.386 e. The molecule has 7 rings (SSSR count). The molecule has 4 aromatic heterocycles. The number of alkyl halides is 2. The predicted octanol–water partition coefficient (Wildman–Crippen LogP) is 1.55. The maximum absolute atomic E-state index is 15.8. The minimum Gasteiger partial charge on any atom is -0.382 e. The van der Waals surface area contributed by atoms with Crippen LogP contribution < -0.4 is 11.5 Å².